The van der Waals surface area contributed by atoms with Crippen molar-refractivity contribution in [2.75, 3.05) is 37.8 Å². The van der Waals surface area contributed by atoms with Crippen LogP contribution in [0.2, 0.25) is 0 Å². The summed E-state index contributed by atoms with van der Waals surface area (Å²) in [6, 6.07) is 0. The van der Waals surface area contributed by atoms with Crippen LogP contribution in [0.25, 0.3) is 0 Å². The van der Waals surface area contributed by atoms with Crippen molar-refractivity contribution in [3.8, 4) is 0 Å². The second-order valence-electron chi connectivity index (χ2n) is 4.81. The van der Waals surface area contributed by atoms with Crippen LogP contribution in [0.4, 0.5) is 10.9 Å². The number of nitrogens with one attached hydrogen (secondary N) is 1. The molecular formula is C13H24N4O2S. The van der Waals surface area contributed by atoms with Crippen LogP contribution < -0.4 is 11.1 Å². The van der Waals surface area contributed by atoms with Gasteiger partial charge in [-0.3, -0.25) is 4.79 Å². The third-order valence-electron chi connectivity index (χ3n) is 2.60. The van der Waals surface area contributed by atoms with Crippen LogP contribution >= 0.6 is 11.3 Å². The molecule has 0 bridgehead atoms. The molecule has 0 aliphatic rings. The van der Waals surface area contributed by atoms with Crippen LogP contribution in [0.3, 0.4) is 0 Å². The van der Waals surface area contributed by atoms with Crippen LogP contribution in [0.1, 0.15) is 36.9 Å². The van der Waals surface area contributed by atoms with Crippen molar-refractivity contribution in [2.45, 2.75) is 33.3 Å². The number of carbonyl (C=O) groups is 1. The van der Waals surface area contributed by atoms with Crippen LogP contribution in [0.5, 0.6) is 0 Å². The van der Waals surface area contributed by atoms with Gasteiger partial charge in [0.1, 0.15) is 10.7 Å². The van der Waals surface area contributed by atoms with Crippen LogP contribution in [-0.2, 0) is 4.74 Å². The molecule has 1 heterocycles. The number of amides is 1. The van der Waals surface area contributed by atoms with Gasteiger partial charge in [0.15, 0.2) is 5.13 Å². The lowest BCUT2D eigenvalue weighted by molar-refractivity contribution is 0.0535. The molecule has 0 aliphatic heterocycles. The molecule has 0 unspecified atom stereocenters. The number of anilines is 2. The summed E-state index contributed by atoms with van der Waals surface area (Å²) in [7, 11) is 1.74. The summed E-state index contributed by atoms with van der Waals surface area (Å²) in [6.45, 7) is 7.87. The highest BCUT2D eigenvalue weighted by atomic mass is 32.1. The van der Waals surface area contributed by atoms with Crippen LogP contribution in [-0.4, -0.2) is 48.6 Å². The summed E-state index contributed by atoms with van der Waals surface area (Å²) >= 11 is 1.30. The zero-order valence-electron chi connectivity index (χ0n) is 12.6. The number of likely N-dealkylation sites (N-methyl/N-ethyl adjacent to an activating group) is 1. The van der Waals surface area contributed by atoms with Gasteiger partial charge in [-0.1, -0.05) is 18.3 Å². The van der Waals surface area contributed by atoms with E-state index < -0.39 is 0 Å². The first-order valence-corrected chi connectivity index (χ1v) is 7.64. The maximum absolute atomic E-state index is 12.3. The molecule has 0 radical (unpaired) electrons. The molecule has 6 nitrogen and oxygen atoms in total. The van der Waals surface area contributed by atoms with Gasteiger partial charge in [-0.15, -0.1) is 0 Å². The van der Waals surface area contributed by atoms with E-state index >= 15 is 0 Å². The highest BCUT2D eigenvalue weighted by Gasteiger charge is 2.19. The summed E-state index contributed by atoms with van der Waals surface area (Å²) < 4.78 is 5.44. The van der Waals surface area contributed by atoms with Gasteiger partial charge in [0, 0.05) is 20.1 Å². The smallest absolute Gasteiger partial charge is 0.267 e. The summed E-state index contributed by atoms with van der Waals surface area (Å²) in [5.41, 5.74) is 5.81. The van der Waals surface area contributed by atoms with Crippen molar-refractivity contribution >= 4 is 28.2 Å². The van der Waals surface area contributed by atoms with Gasteiger partial charge in [-0.2, -0.15) is 0 Å². The molecule has 0 spiro atoms. The first kappa shape index (κ1) is 16.7. The lowest BCUT2D eigenvalue weighted by Gasteiger charge is -2.17. The van der Waals surface area contributed by atoms with E-state index in [-0.39, 0.29) is 17.8 Å². The second-order valence-corrected chi connectivity index (χ2v) is 5.81. The number of carbonyl (C=O) groups excluding carboxylic acids is 1. The SMILES string of the molecule is CCCNc1nc(N)c(C(=O)N(C)CCOC(C)C)s1. The van der Waals surface area contributed by atoms with E-state index in [2.05, 4.69) is 17.2 Å². The molecule has 0 atom stereocenters. The van der Waals surface area contributed by atoms with E-state index in [1.165, 1.54) is 11.3 Å². The van der Waals surface area contributed by atoms with Gasteiger partial charge in [0.25, 0.3) is 5.91 Å². The van der Waals surface area contributed by atoms with Gasteiger partial charge in [0.2, 0.25) is 0 Å². The number of thiazole rings is 1. The fourth-order valence-corrected chi connectivity index (χ4v) is 2.40. The number of hydrogen-bond donors (Lipinski definition) is 2. The third kappa shape index (κ3) is 4.97. The molecule has 3 N–H and O–H groups in total. The Labute approximate surface area is 124 Å². The first-order valence-electron chi connectivity index (χ1n) is 6.83. The predicted molar refractivity (Wildman–Crippen MR) is 83.4 cm³/mol. The Balaban J connectivity index is 2.59. The minimum absolute atomic E-state index is 0.114. The van der Waals surface area contributed by atoms with Crippen molar-refractivity contribution in [3.05, 3.63) is 4.88 Å². The minimum Gasteiger partial charge on any atom is -0.382 e. The summed E-state index contributed by atoms with van der Waals surface area (Å²) in [5, 5.41) is 3.83. The monoisotopic (exact) mass is 300 g/mol. The molecule has 114 valence electrons. The standard InChI is InChI=1S/C13H24N4O2S/c1-5-6-15-13-16-11(14)10(20-13)12(18)17(4)7-8-19-9(2)3/h9H,5-8,14H2,1-4H3,(H,15,16). The topological polar surface area (TPSA) is 80.5 Å². The van der Waals surface area contributed by atoms with Gasteiger partial charge in [-0.05, 0) is 20.3 Å². The zero-order valence-corrected chi connectivity index (χ0v) is 13.4. The molecule has 20 heavy (non-hydrogen) atoms. The van der Waals surface area contributed by atoms with E-state index in [1.54, 1.807) is 11.9 Å². The summed E-state index contributed by atoms with van der Waals surface area (Å²) in [6.07, 6.45) is 1.16. The average molecular weight is 300 g/mol. The lowest BCUT2D eigenvalue weighted by atomic mass is 10.4. The molecule has 0 aliphatic carbocycles. The number of ether oxygens (including phenoxy) is 1. The largest absolute Gasteiger partial charge is 0.382 e. The van der Waals surface area contributed by atoms with Crippen molar-refractivity contribution in [3.63, 3.8) is 0 Å². The summed E-state index contributed by atoms with van der Waals surface area (Å²) in [5.74, 6) is 0.173. The van der Waals surface area contributed by atoms with Gasteiger partial charge in [-0.25, -0.2) is 4.98 Å². The summed E-state index contributed by atoms with van der Waals surface area (Å²) in [4.78, 5) is 18.5. The zero-order chi connectivity index (χ0) is 15.1. The third-order valence-corrected chi connectivity index (χ3v) is 3.62. The number of nitrogens with zero attached hydrogens (tertiary/aromatic N) is 2. The van der Waals surface area contributed by atoms with Gasteiger partial charge in [0.05, 0.1) is 12.7 Å². The molecule has 7 heteroatoms. The Bertz CT molecular complexity index is 434. The number of rotatable bonds is 8. The molecule has 0 saturated heterocycles. The van der Waals surface area contributed by atoms with Gasteiger partial charge < -0.3 is 20.7 Å². The molecule has 0 aromatic carbocycles. The fraction of sp³-hybridized carbons (Fsp3) is 0.692. The molecule has 0 saturated carbocycles. The molecule has 1 rings (SSSR count). The molecule has 1 aromatic rings. The highest BCUT2D eigenvalue weighted by molar-refractivity contribution is 7.18. The Morgan fingerprint density at radius 1 is 1.55 bits per heavy atom. The van der Waals surface area contributed by atoms with Gasteiger partial charge >= 0.3 is 0 Å². The van der Waals surface area contributed by atoms with Crippen molar-refractivity contribution < 1.29 is 9.53 Å². The Morgan fingerprint density at radius 2 is 2.25 bits per heavy atom. The van der Waals surface area contributed by atoms with E-state index in [0.29, 0.717) is 23.2 Å². The highest BCUT2D eigenvalue weighted by Crippen LogP contribution is 2.25. The average Bonchev–Trinajstić information content (AvgIpc) is 2.76. The van der Waals surface area contributed by atoms with Crippen molar-refractivity contribution in [1.29, 1.82) is 0 Å². The maximum Gasteiger partial charge on any atom is 0.267 e. The number of hydrogen-bond acceptors (Lipinski definition) is 6. The van der Waals surface area contributed by atoms with E-state index in [9.17, 15) is 4.79 Å². The van der Waals surface area contributed by atoms with E-state index in [0.717, 1.165) is 13.0 Å². The molecule has 0 fully saturated rings. The number of nitrogens with two attached hydrogens (primary N) is 1. The fourth-order valence-electron chi connectivity index (χ4n) is 1.49. The maximum atomic E-state index is 12.3. The molecular weight excluding hydrogens is 276 g/mol. The molecule has 1 aromatic heterocycles. The normalized spacial score (nSPS) is 10.8. The Hall–Kier alpha value is -1.34. The minimum atomic E-state index is -0.114. The van der Waals surface area contributed by atoms with E-state index in [4.69, 9.17) is 10.5 Å². The lowest BCUT2D eigenvalue weighted by Crippen LogP contribution is -2.30. The van der Waals surface area contributed by atoms with E-state index in [1.807, 2.05) is 13.8 Å². The van der Waals surface area contributed by atoms with Crippen LogP contribution in [0.15, 0.2) is 0 Å². The number of nitrogen functional groups attached to an aromatic ring is 1. The Morgan fingerprint density at radius 3 is 2.85 bits per heavy atom. The predicted octanol–water partition coefficient (Wildman–Crippen LogP) is 2.04. The first-order chi connectivity index (χ1) is 9.45. The van der Waals surface area contributed by atoms with Crippen LogP contribution in [0, 0.1) is 0 Å². The number of aromatic nitrogens is 1. The van der Waals surface area contributed by atoms with Crippen molar-refractivity contribution in [1.82, 2.24) is 9.88 Å². The molecule has 1 amide bonds. The second kappa shape index (κ2) is 8.06. The van der Waals surface area contributed by atoms with Crippen molar-refractivity contribution in [2.24, 2.45) is 0 Å². The quantitative estimate of drug-likeness (QED) is 0.768. The Kier molecular flexibility index (Phi) is 6.74.